The highest BCUT2D eigenvalue weighted by molar-refractivity contribution is 7.16. The molecular weight excluding hydrogens is 390 g/mol. The van der Waals surface area contributed by atoms with E-state index < -0.39 is 5.97 Å². The number of hydrogen-bond acceptors (Lipinski definition) is 7. The number of aryl methyl sites for hydroxylation is 1. The second kappa shape index (κ2) is 6.82. The fourth-order valence-electron chi connectivity index (χ4n) is 3.37. The largest absolute Gasteiger partial charge is 0.464 e. The number of fused-ring (bicyclic) bond motifs is 4. The highest BCUT2D eigenvalue weighted by atomic mass is 32.1. The maximum Gasteiger partial charge on any atom is 0.310 e. The van der Waals surface area contributed by atoms with E-state index in [-0.39, 0.29) is 18.6 Å². The van der Waals surface area contributed by atoms with Gasteiger partial charge < -0.3 is 9.15 Å². The minimum atomic E-state index is -0.392. The van der Waals surface area contributed by atoms with Crippen molar-refractivity contribution in [2.24, 2.45) is 0 Å². The van der Waals surface area contributed by atoms with Gasteiger partial charge in [-0.3, -0.25) is 9.59 Å². The molecule has 5 rings (SSSR count). The predicted molar refractivity (Wildman–Crippen MR) is 109 cm³/mol. The first-order valence-electron chi connectivity index (χ1n) is 8.98. The van der Waals surface area contributed by atoms with Crippen LogP contribution < -0.4 is 5.56 Å². The van der Waals surface area contributed by atoms with Gasteiger partial charge in [0.05, 0.1) is 12.7 Å². The van der Waals surface area contributed by atoms with Crippen LogP contribution in [0.3, 0.4) is 0 Å². The SMILES string of the molecule is Cc1cc(=O)n2nc(COC(=O)Cc3coc4ccc5ccccc5c34)sc2n1. The van der Waals surface area contributed by atoms with Crippen molar-refractivity contribution in [1.82, 2.24) is 14.6 Å². The molecule has 0 N–H and O–H groups in total. The normalized spacial score (nSPS) is 11.5. The van der Waals surface area contributed by atoms with Crippen LogP contribution in [0.4, 0.5) is 0 Å². The molecule has 8 heteroatoms. The summed E-state index contributed by atoms with van der Waals surface area (Å²) in [7, 11) is 0. The second-order valence-electron chi connectivity index (χ2n) is 6.68. The van der Waals surface area contributed by atoms with Crippen LogP contribution in [0.25, 0.3) is 26.7 Å². The van der Waals surface area contributed by atoms with Gasteiger partial charge in [0.1, 0.15) is 12.2 Å². The molecule has 0 radical (unpaired) electrons. The lowest BCUT2D eigenvalue weighted by molar-refractivity contribution is -0.144. The summed E-state index contributed by atoms with van der Waals surface area (Å²) < 4.78 is 12.2. The molecule has 5 aromatic rings. The van der Waals surface area contributed by atoms with Crippen LogP contribution >= 0.6 is 11.3 Å². The zero-order chi connectivity index (χ0) is 20.0. The lowest BCUT2D eigenvalue weighted by Gasteiger charge is -2.03. The number of benzene rings is 2. The Morgan fingerprint density at radius 3 is 3.00 bits per heavy atom. The highest BCUT2D eigenvalue weighted by Crippen LogP contribution is 2.30. The maximum atomic E-state index is 12.4. The summed E-state index contributed by atoms with van der Waals surface area (Å²) in [5.41, 5.74) is 1.89. The molecule has 0 saturated heterocycles. The summed E-state index contributed by atoms with van der Waals surface area (Å²) in [6, 6.07) is 13.3. The minimum Gasteiger partial charge on any atom is -0.464 e. The molecule has 0 unspecified atom stereocenters. The molecule has 0 bridgehead atoms. The fraction of sp³-hybridized carbons (Fsp3) is 0.143. The summed E-state index contributed by atoms with van der Waals surface area (Å²) >= 11 is 1.22. The average molecular weight is 405 g/mol. The van der Waals surface area contributed by atoms with E-state index in [1.165, 1.54) is 21.9 Å². The van der Waals surface area contributed by atoms with Crippen molar-refractivity contribution in [2.45, 2.75) is 20.0 Å². The summed E-state index contributed by atoms with van der Waals surface area (Å²) in [5.74, 6) is -0.392. The van der Waals surface area contributed by atoms with Gasteiger partial charge in [-0.2, -0.15) is 9.61 Å². The number of esters is 1. The van der Waals surface area contributed by atoms with E-state index in [9.17, 15) is 9.59 Å². The van der Waals surface area contributed by atoms with Crippen LogP contribution in [0.5, 0.6) is 0 Å². The number of carbonyl (C=O) groups excluding carboxylic acids is 1. The number of ether oxygens (including phenoxy) is 1. The Kier molecular flexibility index (Phi) is 4.13. The highest BCUT2D eigenvalue weighted by Gasteiger charge is 2.15. The second-order valence-corrected chi connectivity index (χ2v) is 7.72. The van der Waals surface area contributed by atoms with Gasteiger partial charge in [0.15, 0.2) is 5.01 Å². The van der Waals surface area contributed by atoms with Crippen LogP contribution in [0.15, 0.2) is 57.9 Å². The summed E-state index contributed by atoms with van der Waals surface area (Å²) in [5, 5.41) is 7.73. The van der Waals surface area contributed by atoms with E-state index in [0.717, 1.165) is 27.3 Å². The molecule has 3 aromatic heterocycles. The number of aromatic nitrogens is 3. The average Bonchev–Trinajstić information content (AvgIpc) is 3.30. The van der Waals surface area contributed by atoms with E-state index in [2.05, 4.69) is 10.1 Å². The first-order chi connectivity index (χ1) is 14.1. The topological polar surface area (TPSA) is 86.7 Å². The first kappa shape index (κ1) is 17.6. The Bertz CT molecular complexity index is 1450. The minimum absolute atomic E-state index is 0.0120. The standard InChI is InChI=1S/C21H15N3O4S/c1-12-8-18(25)24-21(22-12)29-17(23-24)11-28-19(26)9-14-10-27-16-7-6-13-4-2-3-5-15(13)20(14)16/h2-8,10H,9,11H2,1H3. The van der Waals surface area contributed by atoms with Crippen LogP contribution in [0, 0.1) is 6.92 Å². The molecule has 29 heavy (non-hydrogen) atoms. The molecule has 0 aliphatic rings. The van der Waals surface area contributed by atoms with Crippen LogP contribution in [0.2, 0.25) is 0 Å². The van der Waals surface area contributed by atoms with Crippen molar-refractivity contribution in [2.75, 3.05) is 0 Å². The Morgan fingerprint density at radius 2 is 2.10 bits per heavy atom. The monoisotopic (exact) mass is 405 g/mol. The molecule has 2 aromatic carbocycles. The quantitative estimate of drug-likeness (QED) is 0.424. The Hall–Kier alpha value is -3.52. The van der Waals surface area contributed by atoms with Crippen molar-refractivity contribution >= 4 is 44.0 Å². The number of furan rings is 1. The molecule has 0 atom stereocenters. The smallest absolute Gasteiger partial charge is 0.310 e. The number of carbonyl (C=O) groups is 1. The molecule has 0 spiro atoms. The van der Waals surface area contributed by atoms with Gasteiger partial charge in [0.2, 0.25) is 4.96 Å². The van der Waals surface area contributed by atoms with Crippen molar-refractivity contribution in [1.29, 1.82) is 0 Å². The summed E-state index contributed by atoms with van der Waals surface area (Å²) in [6.07, 6.45) is 1.69. The van der Waals surface area contributed by atoms with Gasteiger partial charge >= 0.3 is 5.97 Å². The molecule has 0 aliphatic heterocycles. The summed E-state index contributed by atoms with van der Waals surface area (Å²) in [4.78, 5) is 29.1. The van der Waals surface area contributed by atoms with Crippen molar-refractivity contribution in [3.05, 3.63) is 75.3 Å². The lowest BCUT2D eigenvalue weighted by Crippen LogP contribution is -2.14. The van der Waals surface area contributed by atoms with Crippen molar-refractivity contribution < 1.29 is 13.9 Å². The maximum absolute atomic E-state index is 12.4. The molecule has 0 fully saturated rings. The Balaban J connectivity index is 1.37. The molecule has 0 saturated carbocycles. The van der Waals surface area contributed by atoms with Crippen molar-refractivity contribution in [3.63, 3.8) is 0 Å². The van der Waals surface area contributed by atoms with Gasteiger partial charge in [0, 0.05) is 22.7 Å². The van der Waals surface area contributed by atoms with Crippen LogP contribution in [0.1, 0.15) is 16.3 Å². The molecule has 144 valence electrons. The van der Waals surface area contributed by atoms with Crippen LogP contribution in [-0.2, 0) is 22.6 Å². The van der Waals surface area contributed by atoms with E-state index in [4.69, 9.17) is 9.15 Å². The van der Waals surface area contributed by atoms with Crippen LogP contribution in [-0.4, -0.2) is 20.6 Å². The third-order valence-corrected chi connectivity index (χ3v) is 5.53. The fourth-order valence-corrected chi connectivity index (χ4v) is 4.23. The zero-order valence-corrected chi connectivity index (χ0v) is 16.2. The molecule has 0 amide bonds. The van der Waals surface area contributed by atoms with E-state index >= 15 is 0 Å². The van der Waals surface area contributed by atoms with Gasteiger partial charge in [-0.15, -0.1) is 0 Å². The molecule has 7 nitrogen and oxygen atoms in total. The van der Waals surface area contributed by atoms with Gasteiger partial charge in [-0.05, 0) is 23.8 Å². The van der Waals surface area contributed by atoms with E-state index in [1.807, 2.05) is 36.4 Å². The van der Waals surface area contributed by atoms with Crippen molar-refractivity contribution in [3.8, 4) is 0 Å². The Morgan fingerprint density at radius 1 is 1.24 bits per heavy atom. The third-order valence-electron chi connectivity index (χ3n) is 4.65. The number of nitrogens with zero attached hydrogens (tertiary/aromatic N) is 3. The summed E-state index contributed by atoms with van der Waals surface area (Å²) in [6.45, 7) is 1.74. The number of rotatable bonds is 4. The van der Waals surface area contributed by atoms with E-state index in [1.54, 1.807) is 13.2 Å². The van der Waals surface area contributed by atoms with E-state index in [0.29, 0.717) is 15.7 Å². The van der Waals surface area contributed by atoms with Gasteiger partial charge in [-0.25, -0.2) is 4.98 Å². The number of hydrogen-bond donors (Lipinski definition) is 0. The predicted octanol–water partition coefficient (Wildman–Crippen LogP) is 3.64. The third kappa shape index (κ3) is 3.17. The molecule has 3 heterocycles. The Labute approximate surface area is 168 Å². The zero-order valence-electron chi connectivity index (χ0n) is 15.4. The lowest BCUT2D eigenvalue weighted by atomic mass is 10.0. The molecular formula is C21H15N3O4S. The first-order valence-corrected chi connectivity index (χ1v) is 9.80. The van der Waals surface area contributed by atoms with Gasteiger partial charge in [-0.1, -0.05) is 41.7 Å². The van der Waals surface area contributed by atoms with Gasteiger partial charge in [0.25, 0.3) is 5.56 Å². The molecule has 0 aliphatic carbocycles.